The molecule has 4 bridgehead atoms. The van der Waals surface area contributed by atoms with Crippen molar-refractivity contribution in [1.29, 1.82) is 0 Å². The summed E-state index contributed by atoms with van der Waals surface area (Å²) in [6, 6.07) is 11.8. The van der Waals surface area contributed by atoms with Gasteiger partial charge in [-0.2, -0.15) is 0 Å². The number of benzene rings is 2. The molecule has 1 amide bonds. The van der Waals surface area contributed by atoms with Crippen molar-refractivity contribution in [3.8, 4) is 5.75 Å². The molecule has 41 heavy (non-hydrogen) atoms. The van der Waals surface area contributed by atoms with E-state index in [9.17, 15) is 4.79 Å². The summed E-state index contributed by atoms with van der Waals surface area (Å²) in [6.45, 7) is 5.71. The molecule has 0 aromatic heterocycles. The summed E-state index contributed by atoms with van der Waals surface area (Å²) < 4.78 is 5.89. The lowest BCUT2D eigenvalue weighted by Crippen LogP contribution is -2.46. The summed E-state index contributed by atoms with van der Waals surface area (Å²) >= 11 is 12.5. The number of halogens is 2. The first kappa shape index (κ1) is 30.5. The fraction of sp³-hybridized carbons (Fsp3) is 0.618. The molecule has 2 aliphatic heterocycles. The topological polar surface area (TPSA) is 44.8 Å². The molecule has 224 valence electrons. The molecule has 7 heteroatoms. The minimum absolute atomic E-state index is 0. The molecular formula is C34H47Cl2N3O2. The fourth-order valence-electron chi connectivity index (χ4n) is 8.00. The van der Waals surface area contributed by atoms with Gasteiger partial charge >= 0.3 is 0 Å². The van der Waals surface area contributed by atoms with Gasteiger partial charge in [0.05, 0.1) is 22.3 Å². The largest absolute Gasteiger partial charge is 0.494 e. The number of piperazine rings is 1. The van der Waals surface area contributed by atoms with Crippen molar-refractivity contribution in [3.63, 3.8) is 0 Å². The Kier molecular flexibility index (Phi) is 10.4. The van der Waals surface area contributed by atoms with E-state index in [1.807, 2.05) is 30.3 Å². The normalized spacial score (nSPS) is 26.4. The van der Waals surface area contributed by atoms with Gasteiger partial charge in [0.15, 0.2) is 0 Å². The quantitative estimate of drug-likeness (QED) is 0.325. The predicted molar refractivity (Wildman–Crippen MR) is 172 cm³/mol. The van der Waals surface area contributed by atoms with Crippen LogP contribution in [0.4, 0.5) is 11.4 Å². The van der Waals surface area contributed by atoms with Crippen molar-refractivity contribution < 1.29 is 9.53 Å². The second-order valence-electron chi connectivity index (χ2n) is 12.7. The number of carbonyl (C=O) groups excluding carboxylic acids is 1. The third kappa shape index (κ3) is 7.72. The molecule has 0 unspecified atom stereocenters. The van der Waals surface area contributed by atoms with E-state index in [0.717, 1.165) is 69.1 Å². The van der Waals surface area contributed by atoms with Gasteiger partial charge in [0.2, 0.25) is 5.91 Å². The summed E-state index contributed by atoms with van der Waals surface area (Å²) in [5.41, 5.74) is 3.10. The number of carbonyl (C=O) groups is 1. The molecule has 4 saturated carbocycles. The number of nitrogens with one attached hydrogen (secondary N) is 1. The van der Waals surface area contributed by atoms with E-state index in [-0.39, 0.29) is 13.3 Å². The van der Waals surface area contributed by atoms with E-state index in [2.05, 4.69) is 21.2 Å². The second kappa shape index (κ2) is 14.0. The van der Waals surface area contributed by atoms with Crippen molar-refractivity contribution in [2.45, 2.75) is 71.6 Å². The molecule has 5 nitrogen and oxygen atoms in total. The number of anilines is 2. The third-order valence-corrected chi connectivity index (χ3v) is 10.6. The lowest BCUT2D eigenvalue weighted by Gasteiger charge is -2.49. The molecule has 5 fully saturated rings. The van der Waals surface area contributed by atoms with Gasteiger partial charge in [-0.05, 0) is 112 Å². The second-order valence-corrected chi connectivity index (χ2v) is 13.5. The lowest BCUT2D eigenvalue weighted by molar-refractivity contribution is -0.116. The number of nitrogens with zero attached hydrogens (tertiary/aromatic N) is 2. The zero-order valence-electron chi connectivity index (χ0n) is 23.6. The molecule has 2 aromatic rings. The molecule has 0 radical (unpaired) electrons. The van der Waals surface area contributed by atoms with Crippen molar-refractivity contribution >= 4 is 40.5 Å². The summed E-state index contributed by atoms with van der Waals surface area (Å²) in [5.74, 6) is 5.61. The Balaban J connectivity index is 0.000000254. The van der Waals surface area contributed by atoms with Gasteiger partial charge < -0.3 is 15.0 Å². The molecule has 4 aliphatic carbocycles. The average Bonchev–Trinajstić information content (AvgIpc) is 2.94. The van der Waals surface area contributed by atoms with E-state index in [1.54, 1.807) is 38.5 Å². The first-order chi connectivity index (χ1) is 19.5. The Morgan fingerprint density at radius 2 is 1.49 bits per heavy atom. The number of aryl methyl sites for hydroxylation is 1. The van der Waals surface area contributed by atoms with Gasteiger partial charge in [-0.1, -0.05) is 42.8 Å². The Morgan fingerprint density at radius 3 is 2.15 bits per heavy atom. The number of hydrogen-bond acceptors (Lipinski definition) is 4. The van der Waals surface area contributed by atoms with E-state index in [0.29, 0.717) is 23.1 Å². The predicted octanol–water partition coefficient (Wildman–Crippen LogP) is 8.33. The van der Waals surface area contributed by atoms with Crippen LogP contribution in [0.1, 0.15) is 70.8 Å². The van der Waals surface area contributed by atoms with Crippen LogP contribution in [-0.4, -0.2) is 50.1 Å². The minimum Gasteiger partial charge on any atom is -0.494 e. The zero-order chi connectivity index (χ0) is 27.5. The highest BCUT2D eigenvalue weighted by atomic mass is 35.5. The van der Waals surface area contributed by atoms with E-state index >= 15 is 0 Å². The van der Waals surface area contributed by atoms with Crippen molar-refractivity contribution in [2.24, 2.45) is 23.7 Å². The van der Waals surface area contributed by atoms with Gasteiger partial charge in [-0.15, -0.1) is 0 Å². The molecule has 0 spiro atoms. The maximum Gasteiger partial charge on any atom is 0.224 e. The Hall–Kier alpha value is -1.95. The zero-order valence-corrected chi connectivity index (χ0v) is 25.1. The van der Waals surface area contributed by atoms with Gasteiger partial charge in [-0.3, -0.25) is 9.69 Å². The van der Waals surface area contributed by atoms with Crippen molar-refractivity contribution in [2.75, 3.05) is 49.5 Å². The molecule has 2 aromatic carbocycles. The average molecular weight is 601 g/mol. The Bertz CT molecular complexity index is 1120. The third-order valence-electron chi connectivity index (χ3n) is 9.76. The van der Waals surface area contributed by atoms with E-state index in [4.69, 9.17) is 27.9 Å². The highest BCUT2D eigenvalue weighted by molar-refractivity contribution is 6.43. The van der Waals surface area contributed by atoms with E-state index < -0.39 is 0 Å². The van der Waals surface area contributed by atoms with Gasteiger partial charge in [0.25, 0.3) is 0 Å². The van der Waals surface area contributed by atoms with Crippen molar-refractivity contribution in [3.05, 3.63) is 52.0 Å². The van der Waals surface area contributed by atoms with Crippen LogP contribution in [-0.2, 0) is 11.2 Å². The number of hydrogen-bond donors (Lipinski definition) is 1. The monoisotopic (exact) mass is 599 g/mol. The van der Waals surface area contributed by atoms with Gasteiger partial charge in [-0.25, -0.2) is 0 Å². The molecule has 0 atom stereocenters. The van der Waals surface area contributed by atoms with Gasteiger partial charge in [0, 0.05) is 44.4 Å². The summed E-state index contributed by atoms with van der Waals surface area (Å²) in [6.07, 6.45) is 13.1. The SMILES string of the molecule is C.C1C2CC3CC1CC(C2)C3.O=C1CCc2ccc(OCCCCN3CCN(c4cccc(Cl)c4Cl)CC3)cc2N1. The van der Waals surface area contributed by atoms with Crippen LogP contribution in [0, 0.1) is 23.7 Å². The number of rotatable bonds is 7. The van der Waals surface area contributed by atoms with Crippen LogP contribution in [0.15, 0.2) is 36.4 Å². The minimum atomic E-state index is 0. The first-order valence-corrected chi connectivity index (χ1v) is 16.2. The molecule has 1 saturated heterocycles. The van der Waals surface area contributed by atoms with Crippen LogP contribution < -0.4 is 15.0 Å². The van der Waals surface area contributed by atoms with Crippen molar-refractivity contribution in [1.82, 2.24) is 4.90 Å². The molecular weight excluding hydrogens is 553 g/mol. The van der Waals surface area contributed by atoms with Crippen LogP contribution >= 0.6 is 23.2 Å². The highest BCUT2D eigenvalue weighted by Crippen LogP contribution is 2.53. The number of fused-ring (bicyclic) bond motifs is 1. The lowest BCUT2D eigenvalue weighted by atomic mass is 9.56. The molecule has 1 N–H and O–H groups in total. The summed E-state index contributed by atoms with van der Waals surface area (Å²) in [7, 11) is 0. The smallest absolute Gasteiger partial charge is 0.224 e. The van der Waals surface area contributed by atoms with E-state index in [1.165, 1.54) is 29.2 Å². The maximum absolute atomic E-state index is 11.5. The fourth-order valence-corrected chi connectivity index (χ4v) is 8.42. The Labute approximate surface area is 256 Å². The molecule has 2 heterocycles. The maximum atomic E-state index is 11.5. The van der Waals surface area contributed by atoms with Crippen LogP contribution in [0.2, 0.25) is 10.0 Å². The number of amides is 1. The standard InChI is InChI=1S/C23H27Cl2N3O2.C10H16.CH4/c24-19-4-3-5-21(23(19)25)28-13-11-27(12-14-28)10-1-2-15-30-18-8-6-17-7-9-22(29)26-20(17)16-18;1-7-2-9-4-8(1)5-10(3-7)6-9;/h3-6,8,16H,1-2,7,9-15H2,(H,26,29);7-10H,1-6H2;1H4. The van der Waals surface area contributed by atoms with Gasteiger partial charge in [0.1, 0.15) is 5.75 Å². The first-order valence-electron chi connectivity index (χ1n) is 15.5. The van der Waals surface area contributed by atoms with Crippen LogP contribution in [0.3, 0.4) is 0 Å². The number of unbranched alkanes of at least 4 members (excludes halogenated alkanes) is 1. The van der Waals surface area contributed by atoms with Crippen LogP contribution in [0.5, 0.6) is 5.75 Å². The summed E-state index contributed by atoms with van der Waals surface area (Å²) in [5, 5.41) is 4.18. The Morgan fingerprint density at radius 1 is 0.829 bits per heavy atom. The molecule has 8 rings (SSSR count). The van der Waals surface area contributed by atoms with Crippen LogP contribution in [0.25, 0.3) is 0 Å². The number of ether oxygens (including phenoxy) is 1. The summed E-state index contributed by atoms with van der Waals surface area (Å²) in [4.78, 5) is 16.3. The molecule has 6 aliphatic rings. The highest BCUT2D eigenvalue weighted by Gasteiger charge is 2.41.